The molecule has 0 saturated heterocycles. The van der Waals surface area contributed by atoms with Crippen LogP contribution in [0.4, 0.5) is 0 Å². The predicted octanol–water partition coefficient (Wildman–Crippen LogP) is 5.59. The van der Waals surface area contributed by atoms with Gasteiger partial charge in [0.15, 0.2) is 11.5 Å². The molecule has 0 spiro atoms. The summed E-state index contributed by atoms with van der Waals surface area (Å²) in [5.41, 5.74) is 4.78. The van der Waals surface area contributed by atoms with Crippen molar-refractivity contribution in [2.45, 2.75) is 46.1 Å². The molecule has 4 rings (SSSR count). The van der Waals surface area contributed by atoms with Gasteiger partial charge < -0.3 is 24.3 Å². The second-order valence-electron chi connectivity index (χ2n) is 8.12. The smallest absolute Gasteiger partial charge is 0.231 e. The fourth-order valence-electron chi connectivity index (χ4n) is 3.99. The van der Waals surface area contributed by atoms with Gasteiger partial charge in [-0.3, -0.25) is 0 Å². The molecule has 2 aromatic carbocycles. The summed E-state index contributed by atoms with van der Waals surface area (Å²) in [5.74, 6) is 1.93. The van der Waals surface area contributed by atoms with E-state index in [2.05, 4.69) is 30.5 Å². The third-order valence-electron chi connectivity index (χ3n) is 5.38. The molecular formula is C24H27NO4. The number of fused-ring (bicyclic) bond motifs is 1. The van der Waals surface area contributed by atoms with Crippen molar-refractivity contribution in [3.05, 3.63) is 59.3 Å². The summed E-state index contributed by atoms with van der Waals surface area (Å²) in [6, 6.07) is 13.7. The number of aromatic nitrogens is 1. The lowest BCUT2D eigenvalue weighted by Crippen LogP contribution is -2.08. The van der Waals surface area contributed by atoms with Crippen LogP contribution in [0.25, 0.3) is 11.3 Å². The number of rotatable bonds is 5. The van der Waals surface area contributed by atoms with E-state index in [0.717, 1.165) is 46.0 Å². The molecule has 1 aliphatic heterocycles. The van der Waals surface area contributed by atoms with Crippen molar-refractivity contribution in [1.29, 1.82) is 0 Å². The van der Waals surface area contributed by atoms with Crippen molar-refractivity contribution in [3.8, 4) is 34.3 Å². The minimum absolute atomic E-state index is 0.0847. The van der Waals surface area contributed by atoms with E-state index in [1.165, 1.54) is 6.07 Å². The van der Waals surface area contributed by atoms with Crippen LogP contribution in [0.2, 0.25) is 0 Å². The van der Waals surface area contributed by atoms with Crippen molar-refractivity contribution in [1.82, 2.24) is 4.57 Å². The van der Waals surface area contributed by atoms with Crippen LogP contribution in [0.3, 0.4) is 0 Å². The molecule has 2 heterocycles. The molecule has 2 N–H and O–H groups in total. The summed E-state index contributed by atoms with van der Waals surface area (Å²) >= 11 is 0. The SMILES string of the molecule is CC(C)c1cc(-c2ccc(Cc3ccc4c(c3)OCO4)n2C(C)C)c(O)cc1O. The molecule has 5 nitrogen and oxygen atoms in total. The Morgan fingerprint density at radius 3 is 2.38 bits per heavy atom. The van der Waals surface area contributed by atoms with Crippen molar-refractivity contribution >= 4 is 0 Å². The first-order chi connectivity index (χ1) is 13.8. The molecule has 1 aliphatic rings. The normalized spacial score (nSPS) is 12.9. The van der Waals surface area contributed by atoms with Gasteiger partial charge in [0.1, 0.15) is 11.5 Å². The minimum Gasteiger partial charge on any atom is -0.508 e. The molecule has 3 aromatic rings. The zero-order valence-electron chi connectivity index (χ0n) is 17.3. The summed E-state index contributed by atoms with van der Waals surface area (Å²) in [5, 5.41) is 20.8. The zero-order chi connectivity index (χ0) is 20.7. The maximum absolute atomic E-state index is 10.6. The minimum atomic E-state index is 0.0847. The van der Waals surface area contributed by atoms with Gasteiger partial charge in [0, 0.05) is 29.8 Å². The lowest BCUT2D eigenvalue weighted by atomic mass is 9.97. The quantitative estimate of drug-likeness (QED) is 0.593. The topological polar surface area (TPSA) is 63.9 Å². The van der Waals surface area contributed by atoms with E-state index in [4.69, 9.17) is 9.47 Å². The number of ether oxygens (including phenoxy) is 2. The Kier molecular flexibility index (Phi) is 4.91. The standard InChI is InChI=1S/C24H27NO4/c1-14(2)18-11-19(22(27)12-21(18)26)20-7-6-17(25(20)15(3)4)9-16-5-8-23-24(10-16)29-13-28-23/h5-8,10-12,14-15,26-27H,9,13H2,1-4H3. The van der Waals surface area contributed by atoms with E-state index in [0.29, 0.717) is 0 Å². The van der Waals surface area contributed by atoms with Crippen molar-refractivity contribution < 1.29 is 19.7 Å². The van der Waals surface area contributed by atoms with Crippen LogP contribution in [-0.2, 0) is 6.42 Å². The Morgan fingerprint density at radius 2 is 1.66 bits per heavy atom. The Morgan fingerprint density at radius 1 is 0.897 bits per heavy atom. The van der Waals surface area contributed by atoms with Crippen molar-refractivity contribution in [3.63, 3.8) is 0 Å². The maximum Gasteiger partial charge on any atom is 0.231 e. The molecule has 0 unspecified atom stereocenters. The highest BCUT2D eigenvalue weighted by molar-refractivity contribution is 5.71. The number of hydrogen-bond acceptors (Lipinski definition) is 4. The Bertz CT molecular complexity index is 1050. The van der Waals surface area contributed by atoms with Gasteiger partial charge >= 0.3 is 0 Å². The molecule has 1 aromatic heterocycles. The van der Waals surface area contributed by atoms with Crippen molar-refractivity contribution in [2.24, 2.45) is 0 Å². The summed E-state index contributed by atoms with van der Waals surface area (Å²) in [4.78, 5) is 0. The number of phenols is 2. The van der Waals surface area contributed by atoms with Crippen LogP contribution >= 0.6 is 0 Å². The van der Waals surface area contributed by atoms with Gasteiger partial charge in [-0.15, -0.1) is 0 Å². The summed E-state index contributed by atoms with van der Waals surface area (Å²) in [6.45, 7) is 8.59. The molecule has 0 atom stereocenters. The molecule has 0 fully saturated rings. The van der Waals surface area contributed by atoms with E-state index in [1.54, 1.807) is 0 Å². The first-order valence-electron chi connectivity index (χ1n) is 10.00. The molecule has 5 heteroatoms. The Hall–Kier alpha value is -3.08. The lowest BCUT2D eigenvalue weighted by molar-refractivity contribution is 0.174. The predicted molar refractivity (Wildman–Crippen MR) is 113 cm³/mol. The molecule has 29 heavy (non-hydrogen) atoms. The number of hydrogen-bond donors (Lipinski definition) is 2. The van der Waals surface area contributed by atoms with E-state index in [1.807, 2.05) is 38.1 Å². The average Bonchev–Trinajstić information content (AvgIpc) is 3.28. The Balaban J connectivity index is 1.75. The summed E-state index contributed by atoms with van der Waals surface area (Å²) < 4.78 is 13.1. The molecule has 0 bridgehead atoms. The second kappa shape index (κ2) is 7.39. The van der Waals surface area contributed by atoms with Gasteiger partial charge in [0.25, 0.3) is 0 Å². The monoisotopic (exact) mass is 393 g/mol. The number of aromatic hydroxyl groups is 2. The van der Waals surface area contributed by atoms with Crippen LogP contribution in [0.1, 0.15) is 56.5 Å². The van der Waals surface area contributed by atoms with Gasteiger partial charge in [-0.1, -0.05) is 19.9 Å². The number of phenolic OH excluding ortho intramolecular Hbond substituents is 2. The molecule has 0 aliphatic carbocycles. The fraction of sp³-hybridized carbons (Fsp3) is 0.333. The van der Waals surface area contributed by atoms with Crippen LogP contribution in [0, 0.1) is 0 Å². The fourth-order valence-corrected chi connectivity index (χ4v) is 3.99. The third kappa shape index (κ3) is 3.53. The molecule has 152 valence electrons. The van der Waals surface area contributed by atoms with Crippen LogP contribution in [0.5, 0.6) is 23.0 Å². The second-order valence-corrected chi connectivity index (χ2v) is 8.12. The summed E-state index contributed by atoms with van der Waals surface area (Å²) in [7, 11) is 0. The zero-order valence-corrected chi connectivity index (χ0v) is 17.3. The highest BCUT2D eigenvalue weighted by Crippen LogP contribution is 2.40. The van der Waals surface area contributed by atoms with E-state index in [9.17, 15) is 10.2 Å². The van der Waals surface area contributed by atoms with Crippen LogP contribution in [0.15, 0.2) is 42.5 Å². The summed E-state index contributed by atoms with van der Waals surface area (Å²) in [6.07, 6.45) is 0.741. The average molecular weight is 393 g/mol. The number of benzene rings is 2. The maximum atomic E-state index is 10.6. The van der Waals surface area contributed by atoms with E-state index in [-0.39, 0.29) is 30.3 Å². The number of nitrogens with zero attached hydrogens (tertiary/aromatic N) is 1. The van der Waals surface area contributed by atoms with E-state index >= 15 is 0 Å². The van der Waals surface area contributed by atoms with Gasteiger partial charge in [-0.25, -0.2) is 0 Å². The Labute approximate surface area is 171 Å². The van der Waals surface area contributed by atoms with E-state index < -0.39 is 0 Å². The van der Waals surface area contributed by atoms with Crippen LogP contribution < -0.4 is 9.47 Å². The van der Waals surface area contributed by atoms with Gasteiger partial charge in [-0.05, 0) is 61.2 Å². The lowest BCUT2D eigenvalue weighted by Gasteiger charge is -2.20. The largest absolute Gasteiger partial charge is 0.508 e. The third-order valence-corrected chi connectivity index (χ3v) is 5.38. The first kappa shape index (κ1) is 19.2. The molecular weight excluding hydrogens is 366 g/mol. The molecule has 0 amide bonds. The van der Waals surface area contributed by atoms with Gasteiger partial charge in [0.2, 0.25) is 6.79 Å². The first-order valence-corrected chi connectivity index (χ1v) is 10.00. The molecule has 0 saturated carbocycles. The van der Waals surface area contributed by atoms with Gasteiger partial charge in [0.05, 0.1) is 5.69 Å². The van der Waals surface area contributed by atoms with Gasteiger partial charge in [-0.2, -0.15) is 0 Å². The molecule has 0 radical (unpaired) electrons. The van der Waals surface area contributed by atoms with Crippen LogP contribution in [-0.4, -0.2) is 21.6 Å². The highest BCUT2D eigenvalue weighted by atomic mass is 16.7. The van der Waals surface area contributed by atoms with Crippen molar-refractivity contribution in [2.75, 3.05) is 6.79 Å². The highest BCUT2D eigenvalue weighted by Gasteiger charge is 2.20.